The van der Waals surface area contributed by atoms with Gasteiger partial charge in [-0.25, -0.2) is 0 Å². The number of benzene rings is 2. The average molecular weight is 414 g/mol. The number of halogens is 4. The van der Waals surface area contributed by atoms with Gasteiger partial charge < -0.3 is 5.32 Å². The Hall–Kier alpha value is -2.59. The van der Waals surface area contributed by atoms with Crippen LogP contribution in [-0.2, 0) is 11.0 Å². The van der Waals surface area contributed by atoms with Gasteiger partial charge in [-0.05, 0) is 52.9 Å². The van der Waals surface area contributed by atoms with Crippen molar-refractivity contribution in [3.05, 3.63) is 59.1 Å². The highest BCUT2D eigenvalue weighted by Gasteiger charge is 2.30. The predicted octanol–water partition coefficient (Wildman–Crippen LogP) is 4.07. The van der Waals surface area contributed by atoms with E-state index >= 15 is 0 Å². The molecule has 0 spiro atoms. The van der Waals surface area contributed by atoms with Crippen molar-refractivity contribution in [3.63, 3.8) is 0 Å². The summed E-state index contributed by atoms with van der Waals surface area (Å²) in [6.07, 6.45) is -4.48. The molecular formula is C16H11ClF3N5OS. The molecule has 0 bridgehead atoms. The molecule has 1 aromatic heterocycles. The lowest BCUT2D eigenvalue weighted by molar-refractivity contribution is -0.137. The number of rotatable bonds is 5. The number of carbonyl (C=O) groups is 1. The Kier molecular flexibility index (Phi) is 5.66. The highest BCUT2D eigenvalue weighted by molar-refractivity contribution is 7.99. The molecule has 0 atom stereocenters. The Bertz CT molecular complexity index is 946. The molecule has 0 radical (unpaired) electrons. The number of anilines is 1. The first-order valence-corrected chi connectivity index (χ1v) is 8.83. The van der Waals surface area contributed by atoms with Gasteiger partial charge in [0.15, 0.2) is 0 Å². The molecule has 3 rings (SSSR count). The van der Waals surface area contributed by atoms with Crippen molar-refractivity contribution in [1.82, 2.24) is 20.2 Å². The topological polar surface area (TPSA) is 72.7 Å². The summed E-state index contributed by atoms with van der Waals surface area (Å²) in [7, 11) is 0. The molecule has 6 nitrogen and oxygen atoms in total. The van der Waals surface area contributed by atoms with Gasteiger partial charge in [-0.1, -0.05) is 29.4 Å². The van der Waals surface area contributed by atoms with E-state index < -0.39 is 17.6 Å². The first kappa shape index (κ1) is 19.2. The van der Waals surface area contributed by atoms with Gasteiger partial charge in [-0.2, -0.15) is 17.9 Å². The normalized spacial score (nSPS) is 11.4. The van der Waals surface area contributed by atoms with Crippen LogP contribution in [0.2, 0.25) is 5.02 Å². The quantitative estimate of drug-likeness (QED) is 0.638. The highest BCUT2D eigenvalue weighted by Crippen LogP contribution is 2.30. The summed E-state index contributed by atoms with van der Waals surface area (Å²) in [6.45, 7) is 0. The number of thioether (sulfide) groups is 1. The van der Waals surface area contributed by atoms with E-state index in [-0.39, 0.29) is 11.4 Å². The SMILES string of the molecule is O=C(CSc1nnnn1-c1ccc(Cl)cc1)Nc1cccc(C(F)(F)F)c1. The summed E-state index contributed by atoms with van der Waals surface area (Å²) < 4.78 is 39.6. The lowest BCUT2D eigenvalue weighted by Gasteiger charge is -2.09. The minimum Gasteiger partial charge on any atom is -0.325 e. The van der Waals surface area contributed by atoms with E-state index in [1.54, 1.807) is 24.3 Å². The maximum absolute atomic E-state index is 12.7. The second kappa shape index (κ2) is 7.97. The number of nitrogens with zero attached hydrogens (tertiary/aromatic N) is 4. The van der Waals surface area contributed by atoms with Gasteiger partial charge in [-0.15, -0.1) is 5.10 Å². The zero-order chi connectivity index (χ0) is 19.4. The van der Waals surface area contributed by atoms with Crippen LogP contribution in [0.15, 0.2) is 53.7 Å². The standard InChI is InChI=1S/C16H11ClF3N5OS/c17-11-4-6-13(7-5-11)25-15(22-23-24-25)27-9-14(26)21-12-3-1-2-10(8-12)16(18,19)20/h1-8H,9H2,(H,21,26). The molecule has 1 heterocycles. The van der Waals surface area contributed by atoms with Crippen LogP contribution in [0.1, 0.15) is 5.56 Å². The van der Waals surface area contributed by atoms with E-state index in [4.69, 9.17) is 11.6 Å². The van der Waals surface area contributed by atoms with Gasteiger partial charge in [-0.3, -0.25) is 4.79 Å². The molecule has 0 saturated heterocycles. The Balaban J connectivity index is 1.64. The van der Waals surface area contributed by atoms with Gasteiger partial charge in [0.1, 0.15) is 0 Å². The number of hydrogen-bond acceptors (Lipinski definition) is 5. The van der Waals surface area contributed by atoms with Gasteiger partial charge in [0, 0.05) is 10.7 Å². The molecule has 1 N–H and O–H groups in total. The van der Waals surface area contributed by atoms with Gasteiger partial charge in [0.05, 0.1) is 17.0 Å². The number of tetrazole rings is 1. The number of aromatic nitrogens is 4. The van der Waals surface area contributed by atoms with Crippen molar-refractivity contribution in [1.29, 1.82) is 0 Å². The minimum atomic E-state index is -4.48. The Morgan fingerprint density at radius 1 is 1.19 bits per heavy atom. The van der Waals surface area contributed by atoms with Crippen LogP contribution in [0.3, 0.4) is 0 Å². The summed E-state index contributed by atoms with van der Waals surface area (Å²) in [6, 6.07) is 11.2. The molecule has 140 valence electrons. The van der Waals surface area contributed by atoms with E-state index in [1.807, 2.05) is 0 Å². The zero-order valence-corrected chi connectivity index (χ0v) is 15.0. The first-order chi connectivity index (χ1) is 12.8. The lowest BCUT2D eigenvalue weighted by Crippen LogP contribution is -2.15. The molecule has 0 aliphatic carbocycles. The molecule has 0 aliphatic heterocycles. The van der Waals surface area contributed by atoms with Crippen molar-refractivity contribution in [2.45, 2.75) is 11.3 Å². The molecule has 3 aromatic rings. The summed E-state index contributed by atoms with van der Waals surface area (Å²) >= 11 is 6.89. The number of amides is 1. The molecule has 2 aromatic carbocycles. The van der Waals surface area contributed by atoms with Crippen molar-refractivity contribution in [3.8, 4) is 5.69 Å². The van der Waals surface area contributed by atoms with E-state index in [0.717, 1.165) is 23.9 Å². The molecule has 1 amide bonds. The van der Waals surface area contributed by atoms with Gasteiger partial charge in [0.25, 0.3) is 0 Å². The fourth-order valence-corrected chi connectivity index (χ4v) is 2.93. The average Bonchev–Trinajstić information content (AvgIpc) is 3.09. The Labute approximate surface area is 160 Å². The third-order valence-electron chi connectivity index (χ3n) is 3.32. The monoisotopic (exact) mass is 413 g/mol. The van der Waals surface area contributed by atoms with E-state index in [2.05, 4.69) is 20.8 Å². The second-order valence-electron chi connectivity index (χ2n) is 5.27. The summed E-state index contributed by atoms with van der Waals surface area (Å²) in [5, 5.41) is 14.6. The van der Waals surface area contributed by atoms with Crippen LogP contribution in [0.5, 0.6) is 0 Å². The largest absolute Gasteiger partial charge is 0.416 e. The Morgan fingerprint density at radius 2 is 1.93 bits per heavy atom. The van der Waals surface area contributed by atoms with Crippen molar-refractivity contribution < 1.29 is 18.0 Å². The Morgan fingerprint density at radius 3 is 2.63 bits per heavy atom. The van der Waals surface area contributed by atoms with Crippen molar-refractivity contribution >= 4 is 35.0 Å². The maximum Gasteiger partial charge on any atom is 0.416 e. The lowest BCUT2D eigenvalue weighted by atomic mass is 10.2. The van der Waals surface area contributed by atoms with Crippen molar-refractivity contribution in [2.24, 2.45) is 0 Å². The molecule has 27 heavy (non-hydrogen) atoms. The number of carbonyl (C=O) groups excluding carboxylic acids is 1. The van der Waals surface area contributed by atoms with Crippen LogP contribution in [-0.4, -0.2) is 31.9 Å². The fourth-order valence-electron chi connectivity index (χ4n) is 2.11. The van der Waals surface area contributed by atoms with Crippen LogP contribution < -0.4 is 5.32 Å². The van der Waals surface area contributed by atoms with Gasteiger partial charge >= 0.3 is 6.18 Å². The maximum atomic E-state index is 12.7. The summed E-state index contributed by atoms with van der Waals surface area (Å²) in [5.41, 5.74) is -0.113. The third kappa shape index (κ3) is 4.98. The van der Waals surface area contributed by atoms with E-state index in [1.165, 1.54) is 16.8 Å². The van der Waals surface area contributed by atoms with Crippen LogP contribution in [0, 0.1) is 0 Å². The molecule has 11 heteroatoms. The minimum absolute atomic E-state index is 0.0627. The van der Waals surface area contributed by atoms with Crippen LogP contribution >= 0.6 is 23.4 Å². The molecule has 0 unspecified atom stereocenters. The van der Waals surface area contributed by atoms with Crippen LogP contribution in [0.25, 0.3) is 5.69 Å². The molecule has 0 aliphatic rings. The second-order valence-corrected chi connectivity index (χ2v) is 6.64. The highest BCUT2D eigenvalue weighted by atomic mass is 35.5. The molecule has 0 saturated carbocycles. The van der Waals surface area contributed by atoms with Crippen LogP contribution in [0.4, 0.5) is 18.9 Å². The number of hydrogen-bond donors (Lipinski definition) is 1. The van der Waals surface area contributed by atoms with E-state index in [0.29, 0.717) is 15.9 Å². The fraction of sp³-hybridized carbons (Fsp3) is 0.125. The summed E-state index contributed by atoms with van der Waals surface area (Å²) in [4.78, 5) is 12.1. The van der Waals surface area contributed by atoms with Gasteiger partial charge in [0.2, 0.25) is 11.1 Å². The third-order valence-corrected chi connectivity index (χ3v) is 4.49. The van der Waals surface area contributed by atoms with Crippen molar-refractivity contribution in [2.75, 3.05) is 11.1 Å². The molecular weight excluding hydrogens is 403 g/mol. The smallest absolute Gasteiger partial charge is 0.325 e. The number of nitrogens with one attached hydrogen (secondary N) is 1. The summed E-state index contributed by atoms with van der Waals surface area (Å²) in [5.74, 6) is -0.561. The van der Waals surface area contributed by atoms with E-state index in [9.17, 15) is 18.0 Å². The zero-order valence-electron chi connectivity index (χ0n) is 13.4. The first-order valence-electron chi connectivity index (χ1n) is 7.47. The number of alkyl halides is 3. The molecule has 0 fully saturated rings. The predicted molar refractivity (Wildman–Crippen MR) is 95.0 cm³/mol.